The SMILES string of the molecule is CCC(Oc1ccc(F)cc1Br)C(N)=S. The molecule has 15 heavy (non-hydrogen) atoms. The molecule has 0 heterocycles. The molecule has 82 valence electrons. The summed E-state index contributed by atoms with van der Waals surface area (Å²) >= 11 is 8.05. The third-order valence-corrected chi connectivity index (χ3v) is 2.73. The smallest absolute Gasteiger partial charge is 0.148 e. The van der Waals surface area contributed by atoms with Crippen molar-refractivity contribution in [1.29, 1.82) is 0 Å². The summed E-state index contributed by atoms with van der Waals surface area (Å²) in [6.45, 7) is 1.92. The van der Waals surface area contributed by atoms with Crippen LogP contribution in [-0.2, 0) is 0 Å². The summed E-state index contributed by atoms with van der Waals surface area (Å²) in [6, 6.07) is 4.20. The van der Waals surface area contributed by atoms with Gasteiger partial charge in [0.05, 0.1) is 4.47 Å². The molecule has 0 fully saturated rings. The Kier molecular flexibility index (Phi) is 4.47. The monoisotopic (exact) mass is 291 g/mol. The quantitative estimate of drug-likeness (QED) is 0.866. The molecule has 0 radical (unpaired) electrons. The van der Waals surface area contributed by atoms with Gasteiger partial charge in [-0.2, -0.15) is 0 Å². The molecule has 1 rings (SSSR count). The van der Waals surface area contributed by atoms with E-state index in [2.05, 4.69) is 15.9 Å². The Bertz CT molecular complexity index is 372. The van der Waals surface area contributed by atoms with Crippen LogP contribution in [0.25, 0.3) is 0 Å². The van der Waals surface area contributed by atoms with Crippen LogP contribution in [0.4, 0.5) is 4.39 Å². The zero-order valence-electron chi connectivity index (χ0n) is 8.17. The first kappa shape index (κ1) is 12.4. The highest BCUT2D eigenvalue weighted by Crippen LogP contribution is 2.26. The van der Waals surface area contributed by atoms with Crippen LogP contribution in [0.3, 0.4) is 0 Å². The minimum atomic E-state index is -0.322. The highest BCUT2D eigenvalue weighted by molar-refractivity contribution is 9.10. The van der Waals surface area contributed by atoms with Gasteiger partial charge in [-0.25, -0.2) is 4.39 Å². The fraction of sp³-hybridized carbons (Fsp3) is 0.300. The van der Waals surface area contributed by atoms with Crippen molar-refractivity contribution in [3.05, 3.63) is 28.5 Å². The van der Waals surface area contributed by atoms with E-state index < -0.39 is 0 Å². The lowest BCUT2D eigenvalue weighted by atomic mass is 10.2. The molecular weight excluding hydrogens is 281 g/mol. The van der Waals surface area contributed by atoms with Gasteiger partial charge in [-0.3, -0.25) is 0 Å². The van der Waals surface area contributed by atoms with E-state index in [4.69, 9.17) is 22.7 Å². The van der Waals surface area contributed by atoms with Crippen molar-refractivity contribution in [1.82, 2.24) is 0 Å². The minimum absolute atomic E-state index is 0.300. The van der Waals surface area contributed by atoms with Crippen molar-refractivity contribution >= 4 is 33.1 Å². The van der Waals surface area contributed by atoms with Gasteiger partial charge >= 0.3 is 0 Å². The van der Waals surface area contributed by atoms with E-state index in [-0.39, 0.29) is 11.9 Å². The largest absolute Gasteiger partial charge is 0.482 e. The van der Waals surface area contributed by atoms with E-state index in [0.717, 1.165) is 0 Å². The van der Waals surface area contributed by atoms with E-state index in [1.807, 2.05) is 6.92 Å². The Morgan fingerprint density at radius 1 is 1.67 bits per heavy atom. The van der Waals surface area contributed by atoms with Crippen molar-refractivity contribution in [3.8, 4) is 5.75 Å². The predicted octanol–water partition coefficient (Wildman–Crippen LogP) is 3.03. The van der Waals surface area contributed by atoms with E-state index in [9.17, 15) is 4.39 Å². The maximum absolute atomic E-state index is 12.8. The van der Waals surface area contributed by atoms with Gasteiger partial charge in [0.15, 0.2) is 0 Å². The Morgan fingerprint density at radius 2 is 2.33 bits per heavy atom. The molecule has 0 aliphatic rings. The number of benzene rings is 1. The molecule has 0 spiro atoms. The number of nitrogens with two attached hydrogens (primary N) is 1. The van der Waals surface area contributed by atoms with Crippen molar-refractivity contribution in [2.24, 2.45) is 5.73 Å². The second-order valence-electron chi connectivity index (χ2n) is 2.99. The Hall–Kier alpha value is -0.680. The maximum Gasteiger partial charge on any atom is 0.148 e. The van der Waals surface area contributed by atoms with Gasteiger partial charge in [-0.1, -0.05) is 19.1 Å². The molecule has 0 saturated carbocycles. The van der Waals surface area contributed by atoms with Crippen LogP contribution in [0.5, 0.6) is 5.75 Å². The standard InChI is InChI=1S/C10H11BrFNOS/c1-2-8(10(13)15)14-9-4-3-6(12)5-7(9)11/h3-5,8H,2H2,1H3,(H2,13,15). The molecule has 2 N–H and O–H groups in total. The number of rotatable bonds is 4. The molecule has 0 aliphatic heterocycles. The summed E-state index contributed by atoms with van der Waals surface area (Å²) in [6.07, 6.45) is 0.362. The van der Waals surface area contributed by atoms with E-state index in [0.29, 0.717) is 21.6 Å². The van der Waals surface area contributed by atoms with Crippen LogP contribution >= 0.6 is 28.1 Å². The van der Waals surface area contributed by atoms with Crippen LogP contribution in [0.2, 0.25) is 0 Å². The topological polar surface area (TPSA) is 35.2 Å². The summed E-state index contributed by atoms with van der Waals surface area (Å²) in [4.78, 5) is 0.300. The predicted molar refractivity (Wildman–Crippen MR) is 65.6 cm³/mol. The lowest BCUT2D eigenvalue weighted by molar-refractivity contribution is 0.262. The molecule has 5 heteroatoms. The molecule has 0 amide bonds. The number of hydrogen-bond donors (Lipinski definition) is 1. The van der Waals surface area contributed by atoms with E-state index in [1.54, 1.807) is 6.07 Å². The molecule has 0 aromatic heterocycles. The lowest BCUT2D eigenvalue weighted by Gasteiger charge is -2.16. The molecule has 1 unspecified atom stereocenters. The second kappa shape index (κ2) is 5.42. The summed E-state index contributed by atoms with van der Waals surface area (Å²) in [5, 5.41) is 0. The first-order valence-corrected chi connectivity index (χ1v) is 5.65. The number of halogens is 2. The normalized spacial score (nSPS) is 12.2. The molecule has 1 atom stereocenters. The zero-order valence-corrected chi connectivity index (χ0v) is 10.6. The third-order valence-electron chi connectivity index (χ3n) is 1.85. The highest BCUT2D eigenvalue weighted by atomic mass is 79.9. The minimum Gasteiger partial charge on any atom is -0.482 e. The van der Waals surface area contributed by atoms with Gasteiger partial charge in [0.25, 0.3) is 0 Å². The van der Waals surface area contributed by atoms with Crippen LogP contribution in [0.1, 0.15) is 13.3 Å². The van der Waals surface area contributed by atoms with Gasteiger partial charge in [0.2, 0.25) is 0 Å². The third kappa shape index (κ3) is 3.43. The van der Waals surface area contributed by atoms with Gasteiger partial charge in [-0.05, 0) is 40.5 Å². The maximum atomic E-state index is 12.8. The molecule has 1 aromatic carbocycles. The fourth-order valence-electron chi connectivity index (χ4n) is 1.07. The van der Waals surface area contributed by atoms with Crippen molar-refractivity contribution in [2.45, 2.75) is 19.4 Å². The second-order valence-corrected chi connectivity index (χ2v) is 4.32. The molecule has 0 bridgehead atoms. The summed E-state index contributed by atoms with van der Waals surface area (Å²) in [5.74, 6) is 0.216. The molecule has 0 saturated heterocycles. The van der Waals surface area contributed by atoms with Crippen LogP contribution in [-0.4, -0.2) is 11.1 Å². The summed E-state index contributed by atoms with van der Waals surface area (Å²) < 4.78 is 18.9. The Labute approximate surface area is 102 Å². The van der Waals surface area contributed by atoms with Crippen LogP contribution in [0, 0.1) is 5.82 Å². The number of thiocarbonyl (C=S) groups is 1. The van der Waals surface area contributed by atoms with Crippen LogP contribution in [0.15, 0.2) is 22.7 Å². The van der Waals surface area contributed by atoms with Crippen molar-refractivity contribution in [3.63, 3.8) is 0 Å². The summed E-state index contributed by atoms with van der Waals surface area (Å²) in [7, 11) is 0. The van der Waals surface area contributed by atoms with Gasteiger partial charge in [0, 0.05) is 0 Å². The van der Waals surface area contributed by atoms with Crippen LogP contribution < -0.4 is 10.5 Å². The number of ether oxygens (including phenoxy) is 1. The van der Waals surface area contributed by atoms with Gasteiger partial charge < -0.3 is 10.5 Å². The average molecular weight is 292 g/mol. The van der Waals surface area contributed by atoms with Crippen molar-refractivity contribution < 1.29 is 9.13 Å². The number of hydrogen-bond acceptors (Lipinski definition) is 2. The molecular formula is C10H11BrFNOS. The molecule has 0 aliphatic carbocycles. The summed E-state index contributed by atoms with van der Waals surface area (Å²) in [5.41, 5.74) is 5.49. The first-order chi connectivity index (χ1) is 7.04. The van der Waals surface area contributed by atoms with Crippen molar-refractivity contribution in [2.75, 3.05) is 0 Å². The Morgan fingerprint density at radius 3 is 2.80 bits per heavy atom. The molecule has 2 nitrogen and oxygen atoms in total. The van der Waals surface area contributed by atoms with E-state index in [1.165, 1.54) is 12.1 Å². The zero-order chi connectivity index (χ0) is 11.4. The average Bonchev–Trinajstić information content (AvgIpc) is 2.16. The first-order valence-electron chi connectivity index (χ1n) is 4.45. The molecule has 1 aromatic rings. The fourth-order valence-corrected chi connectivity index (χ4v) is 1.73. The lowest BCUT2D eigenvalue weighted by Crippen LogP contribution is -2.31. The Balaban J connectivity index is 2.84. The van der Waals surface area contributed by atoms with Gasteiger partial charge in [-0.15, -0.1) is 0 Å². The van der Waals surface area contributed by atoms with Gasteiger partial charge in [0.1, 0.15) is 22.7 Å². The van der Waals surface area contributed by atoms with E-state index >= 15 is 0 Å². The highest BCUT2D eigenvalue weighted by Gasteiger charge is 2.13.